The van der Waals surface area contributed by atoms with Gasteiger partial charge in [0, 0.05) is 55.6 Å². The zero-order valence-corrected chi connectivity index (χ0v) is 36.9. The second kappa shape index (κ2) is 23.5. The molecule has 0 bridgehead atoms. The van der Waals surface area contributed by atoms with Crippen LogP contribution < -0.4 is 54.0 Å². The van der Waals surface area contributed by atoms with E-state index < -0.39 is 58.5 Å². The summed E-state index contributed by atoms with van der Waals surface area (Å²) in [4.78, 5) is 61.8. The molecule has 2 atom stereocenters. The molecule has 2 fully saturated rings. The second-order valence-corrected chi connectivity index (χ2v) is 17.8. The summed E-state index contributed by atoms with van der Waals surface area (Å²) in [5.74, 6) is -3.84. The average Bonchev–Trinajstić information content (AvgIpc) is 3.97. The van der Waals surface area contributed by atoms with Gasteiger partial charge >= 0.3 is 12.4 Å². The lowest BCUT2D eigenvalue weighted by molar-refractivity contribution is -0.138. The molecule has 0 unspecified atom stereocenters. The molecule has 5 rings (SSSR count). The van der Waals surface area contributed by atoms with Gasteiger partial charge in [-0.25, -0.2) is 9.97 Å². The monoisotopic (exact) mass is 968 g/mol. The summed E-state index contributed by atoms with van der Waals surface area (Å²) in [7, 11) is 0. The molecular weight excluding hydrogens is 919 g/mol. The van der Waals surface area contributed by atoms with Crippen LogP contribution in [0.3, 0.4) is 0 Å². The van der Waals surface area contributed by atoms with E-state index in [9.17, 15) is 45.5 Å². The van der Waals surface area contributed by atoms with Gasteiger partial charge in [-0.3, -0.25) is 30.0 Å². The number of aromatic nitrogens is 2. The third-order valence-corrected chi connectivity index (χ3v) is 12.7. The first-order valence-corrected chi connectivity index (χ1v) is 22.5. The number of amides is 4. The van der Waals surface area contributed by atoms with E-state index in [4.69, 9.17) is 22.3 Å². The van der Waals surface area contributed by atoms with Gasteiger partial charge in [-0.1, -0.05) is 0 Å². The minimum absolute atomic E-state index is 0.0745. The number of thioether (sulfide) groups is 2. The van der Waals surface area contributed by atoms with Gasteiger partial charge in [0.25, 0.3) is 11.8 Å². The highest BCUT2D eigenvalue weighted by molar-refractivity contribution is 8.00. The molecule has 1 aromatic heterocycles. The van der Waals surface area contributed by atoms with Crippen LogP contribution in [0.15, 0.2) is 46.5 Å². The second-order valence-electron chi connectivity index (χ2n) is 15.2. The molecule has 3 heterocycles. The van der Waals surface area contributed by atoms with Crippen LogP contribution in [0.25, 0.3) is 0 Å². The van der Waals surface area contributed by atoms with E-state index in [-0.39, 0.29) is 67.8 Å². The van der Waals surface area contributed by atoms with E-state index in [1.807, 2.05) is 0 Å². The lowest BCUT2D eigenvalue weighted by Gasteiger charge is -2.21. The Hall–Kier alpha value is -5.86. The Balaban J connectivity index is 1.42. The molecule has 66 heavy (non-hydrogen) atoms. The number of carbonyl (C=O) groups excluding carboxylic acids is 4. The summed E-state index contributed by atoms with van der Waals surface area (Å²) < 4.78 is 86.0. The van der Waals surface area contributed by atoms with Crippen LogP contribution in [0.5, 0.6) is 0 Å². The van der Waals surface area contributed by atoms with Gasteiger partial charge < -0.3 is 54.0 Å². The number of benzene rings is 2. The molecule has 4 amide bonds. The molecule has 2 saturated heterocycles. The average molecular weight is 969 g/mol. The Morgan fingerprint density at radius 3 is 1.33 bits per heavy atom. The van der Waals surface area contributed by atoms with Crippen LogP contribution in [0.4, 0.5) is 49.1 Å². The summed E-state index contributed by atoms with van der Waals surface area (Å²) in [6.45, 7) is 2.83. The Kier molecular flexibility index (Phi) is 18.2. The summed E-state index contributed by atoms with van der Waals surface area (Å²) >= 11 is 2.29. The highest BCUT2D eigenvalue weighted by atomic mass is 32.2. The zero-order valence-electron chi connectivity index (χ0n) is 35.3. The van der Waals surface area contributed by atoms with E-state index in [1.54, 1.807) is 0 Å². The Bertz CT molecular complexity index is 2110. The van der Waals surface area contributed by atoms with E-state index in [2.05, 4.69) is 52.5 Å². The normalized spacial score (nSPS) is 16.0. The summed E-state index contributed by atoms with van der Waals surface area (Å²) in [6, 6.07) is 3.91. The van der Waals surface area contributed by atoms with Crippen LogP contribution in [0, 0.1) is 10.8 Å². The van der Waals surface area contributed by atoms with E-state index in [0.717, 1.165) is 60.2 Å². The molecule has 358 valence electrons. The maximum Gasteiger partial charge on any atom is 0.416 e. The van der Waals surface area contributed by atoms with Gasteiger partial charge in [-0.2, -0.15) is 26.3 Å². The molecule has 18 nitrogen and oxygen atoms in total. The number of nitrogens with one attached hydrogen (secondary N) is 10. The topological polar surface area (TPSA) is 290 Å². The van der Waals surface area contributed by atoms with Crippen molar-refractivity contribution in [2.24, 2.45) is 11.5 Å². The van der Waals surface area contributed by atoms with Crippen LogP contribution in [-0.4, -0.2) is 95.3 Å². The van der Waals surface area contributed by atoms with E-state index >= 15 is 0 Å². The molecule has 2 aromatic carbocycles. The number of unbranched alkanes of at least 4 members (excludes halogenated alkanes) is 2. The number of anilines is 4. The quantitative estimate of drug-likeness (QED) is 0.0304. The zero-order chi connectivity index (χ0) is 48.0. The van der Waals surface area contributed by atoms with Gasteiger partial charge in [0.05, 0.1) is 43.7 Å². The third-order valence-electron chi connectivity index (χ3n) is 9.90. The SMILES string of the molecule is N=C(N)NCCCCC(=O)Nc1cc(C(F)(F)F)cc(NC(=O)c2cc(C(=O)Nc3cc(C(F)(F)F)cc(NC(=O)CCCCNC(=N)N)c3S[C@H]3CCNC3)ncn2)c1S[C@H]1CCNC1. The molecule has 0 radical (unpaired) electrons. The lowest BCUT2D eigenvalue weighted by Crippen LogP contribution is -2.31. The Morgan fingerprint density at radius 1 is 0.621 bits per heavy atom. The standard InChI is InChI=1S/C40H50F6N14O4S2/c41-39(42,43)21-13-25(57-31(61)5-1-3-9-53-37(47)48)33(65-23-7-11-51-18-23)27(15-21)59-35(63)29-17-30(56-20-55-29)36(64)60-28-16-22(40(44,45)46)14-26(34(28)66-24-8-12-52-19-24)58-32(62)6-2-4-10-54-38(49)50/h13-17,20,23-24,51-52H,1-12,18-19H2,(H,57,61)(H,58,62)(H,59,63)(H,60,64)(H4,47,48,53)(H4,49,50,54)/t23-,24-/m0/s1. The Morgan fingerprint density at radius 2 is 1.00 bits per heavy atom. The number of halogens is 6. The summed E-state index contributed by atoms with van der Waals surface area (Å²) in [6.07, 6.45) is -6.39. The number of rotatable bonds is 20. The molecule has 2 aliphatic rings. The van der Waals surface area contributed by atoms with E-state index in [0.29, 0.717) is 77.8 Å². The minimum atomic E-state index is -4.91. The van der Waals surface area contributed by atoms with Gasteiger partial charge in [0.2, 0.25) is 11.8 Å². The molecule has 0 aliphatic carbocycles. The highest BCUT2D eigenvalue weighted by Gasteiger charge is 2.35. The smallest absolute Gasteiger partial charge is 0.370 e. The fraction of sp³-hybridized carbons (Fsp3) is 0.450. The number of alkyl halides is 6. The fourth-order valence-electron chi connectivity index (χ4n) is 6.67. The first-order valence-electron chi connectivity index (χ1n) is 20.7. The van der Waals surface area contributed by atoms with Gasteiger partial charge in [-0.05, 0) is 75.9 Å². The predicted octanol–water partition coefficient (Wildman–Crippen LogP) is 5.11. The number of hydrogen-bond donors (Lipinski definition) is 12. The number of carbonyl (C=O) groups is 4. The predicted molar refractivity (Wildman–Crippen MR) is 240 cm³/mol. The van der Waals surface area contributed by atoms with Crippen LogP contribution in [0.1, 0.15) is 83.5 Å². The minimum Gasteiger partial charge on any atom is -0.370 e. The molecule has 3 aromatic rings. The van der Waals surface area contributed by atoms with Gasteiger partial charge in [0.15, 0.2) is 11.9 Å². The largest absolute Gasteiger partial charge is 0.416 e. The third kappa shape index (κ3) is 15.6. The van der Waals surface area contributed by atoms with Crippen molar-refractivity contribution >= 4 is 81.8 Å². The molecule has 0 spiro atoms. The molecule has 14 N–H and O–H groups in total. The lowest BCUT2D eigenvalue weighted by atomic mass is 10.1. The summed E-state index contributed by atoms with van der Waals surface area (Å²) in [5, 5.41) is 35.7. The van der Waals surface area contributed by atoms with Gasteiger partial charge in [0.1, 0.15) is 17.7 Å². The molecule has 2 aliphatic heterocycles. The molecular formula is C40H50F6N14O4S2. The van der Waals surface area contributed by atoms with Crippen molar-refractivity contribution in [1.82, 2.24) is 31.2 Å². The first-order chi connectivity index (χ1) is 31.3. The van der Waals surface area contributed by atoms with Gasteiger partial charge in [-0.15, -0.1) is 23.5 Å². The highest BCUT2D eigenvalue weighted by Crippen LogP contribution is 2.45. The van der Waals surface area contributed by atoms with Crippen molar-refractivity contribution in [3.63, 3.8) is 0 Å². The Labute approximate surface area is 383 Å². The fourth-order valence-corrected chi connectivity index (χ4v) is 9.16. The first kappa shape index (κ1) is 51.1. The van der Waals surface area contributed by atoms with Crippen LogP contribution >= 0.6 is 23.5 Å². The molecule has 26 heteroatoms. The van der Waals surface area contributed by atoms with Crippen molar-refractivity contribution in [1.29, 1.82) is 10.8 Å². The maximum atomic E-state index is 14.3. The van der Waals surface area contributed by atoms with Crippen LogP contribution in [-0.2, 0) is 21.9 Å². The summed E-state index contributed by atoms with van der Waals surface area (Å²) in [5.41, 5.74) is 6.17. The van der Waals surface area contributed by atoms with Crippen molar-refractivity contribution in [2.75, 3.05) is 60.5 Å². The number of nitrogens with zero attached hydrogens (tertiary/aromatic N) is 2. The number of hydrogen-bond acceptors (Lipinski definition) is 12. The van der Waals surface area contributed by atoms with E-state index in [1.165, 1.54) is 0 Å². The number of nitrogens with two attached hydrogens (primary N) is 2. The van der Waals surface area contributed by atoms with Crippen molar-refractivity contribution in [2.45, 2.75) is 84.0 Å². The van der Waals surface area contributed by atoms with Crippen molar-refractivity contribution in [3.8, 4) is 0 Å². The van der Waals surface area contributed by atoms with Crippen molar-refractivity contribution < 1.29 is 45.5 Å². The maximum absolute atomic E-state index is 14.3. The molecule has 0 saturated carbocycles. The van der Waals surface area contributed by atoms with Crippen LogP contribution in [0.2, 0.25) is 0 Å². The van der Waals surface area contributed by atoms with Crippen molar-refractivity contribution in [3.05, 3.63) is 59.2 Å². The number of guanidine groups is 2.